The third-order valence-electron chi connectivity index (χ3n) is 3.73. The highest BCUT2D eigenvalue weighted by molar-refractivity contribution is 7.10. The van der Waals surface area contributed by atoms with Crippen LogP contribution in [0.25, 0.3) is 10.9 Å². The van der Waals surface area contributed by atoms with Gasteiger partial charge in [0.1, 0.15) is 6.54 Å². The van der Waals surface area contributed by atoms with Crippen molar-refractivity contribution in [2.75, 3.05) is 0 Å². The molecule has 108 valence electrons. The summed E-state index contributed by atoms with van der Waals surface area (Å²) in [4.78, 5) is 13.4. The smallest absolute Gasteiger partial charge is 0.240 e. The fourth-order valence-electron chi connectivity index (χ4n) is 2.52. The molecule has 1 N–H and O–H groups in total. The van der Waals surface area contributed by atoms with Gasteiger partial charge in [-0.2, -0.15) is 0 Å². The first-order valence-corrected chi connectivity index (χ1v) is 7.87. The number of nitrogens with zero attached hydrogens (tertiary/aromatic N) is 1. The quantitative estimate of drug-likeness (QED) is 0.784. The summed E-state index contributed by atoms with van der Waals surface area (Å²) < 4.78 is 2.06. The molecule has 0 spiro atoms. The summed E-state index contributed by atoms with van der Waals surface area (Å²) in [6.45, 7) is 5.09. The molecule has 1 amide bonds. The fourth-order valence-corrected chi connectivity index (χ4v) is 3.37. The Morgan fingerprint density at radius 2 is 2.05 bits per heavy atom. The Kier molecular flexibility index (Phi) is 3.80. The van der Waals surface area contributed by atoms with Crippen LogP contribution in [-0.2, 0) is 17.9 Å². The lowest BCUT2D eigenvalue weighted by Gasteiger charge is -2.09. The standard InChI is InChI=1S/C17H18N2OS/c1-12-7-8-21-16(12)10-18-17(20)11-19-13(2)9-14-5-3-4-6-15(14)19/h3-9H,10-11H2,1-2H3,(H,18,20). The highest BCUT2D eigenvalue weighted by Gasteiger charge is 2.09. The molecule has 3 rings (SSSR count). The minimum Gasteiger partial charge on any atom is -0.350 e. The Hall–Kier alpha value is -2.07. The van der Waals surface area contributed by atoms with E-state index in [2.05, 4.69) is 46.5 Å². The van der Waals surface area contributed by atoms with Gasteiger partial charge in [0.25, 0.3) is 0 Å². The Labute approximate surface area is 128 Å². The maximum atomic E-state index is 12.2. The average Bonchev–Trinajstić information content (AvgIpc) is 3.01. The molecule has 0 unspecified atom stereocenters. The number of aromatic nitrogens is 1. The Morgan fingerprint density at radius 1 is 1.24 bits per heavy atom. The van der Waals surface area contributed by atoms with Crippen molar-refractivity contribution >= 4 is 28.1 Å². The highest BCUT2D eigenvalue weighted by Crippen LogP contribution is 2.19. The van der Waals surface area contributed by atoms with Crippen molar-refractivity contribution in [2.24, 2.45) is 0 Å². The van der Waals surface area contributed by atoms with Gasteiger partial charge in [-0.3, -0.25) is 4.79 Å². The van der Waals surface area contributed by atoms with Crippen LogP contribution < -0.4 is 5.32 Å². The molecule has 3 aromatic rings. The lowest BCUT2D eigenvalue weighted by atomic mass is 10.2. The van der Waals surface area contributed by atoms with Gasteiger partial charge in [0.15, 0.2) is 0 Å². The molecule has 2 heterocycles. The molecule has 0 saturated heterocycles. The summed E-state index contributed by atoms with van der Waals surface area (Å²) in [5.41, 5.74) is 3.46. The predicted molar refractivity (Wildman–Crippen MR) is 87.6 cm³/mol. The summed E-state index contributed by atoms with van der Waals surface area (Å²) in [6, 6.07) is 12.4. The fraction of sp³-hybridized carbons (Fsp3) is 0.235. The molecule has 2 aromatic heterocycles. The summed E-state index contributed by atoms with van der Waals surface area (Å²) >= 11 is 1.68. The molecule has 0 atom stereocenters. The number of hydrogen-bond acceptors (Lipinski definition) is 2. The zero-order chi connectivity index (χ0) is 14.8. The van der Waals surface area contributed by atoms with Crippen molar-refractivity contribution in [3.63, 3.8) is 0 Å². The molecular formula is C17H18N2OS. The van der Waals surface area contributed by atoms with E-state index >= 15 is 0 Å². The van der Waals surface area contributed by atoms with E-state index in [1.165, 1.54) is 15.8 Å². The number of para-hydroxylation sites is 1. The minimum atomic E-state index is 0.0484. The first-order valence-electron chi connectivity index (χ1n) is 6.99. The molecule has 0 fully saturated rings. The van der Waals surface area contributed by atoms with Gasteiger partial charge in [-0.15, -0.1) is 11.3 Å². The highest BCUT2D eigenvalue weighted by atomic mass is 32.1. The van der Waals surface area contributed by atoms with E-state index in [4.69, 9.17) is 0 Å². The van der Waals surface area contributed by atoms with Crippen molar-refractivity contribution in [3.8, 4) is 0 Å². The van der Waals surface area contributed by atoms with Crippen LogP contribution >= 0.6 is 11.3 Å². The molecule has 4 heteroatoms. The maximum absolute atomic E-state index is 12.2. The van der Waals surface area contributed by atoms with Crippen molar-refractivity contribution < 1.29 is 4.79 Å². The minimum absolute atomic E-state index is 0.0484. The van der Waals surface area contributed by atoms with Gasteiger partial charge in [-0.25, -0.2) is 0 Å². The number of carbonyl (C=O) groups excluding carboxylic acids is 1. The number of nitrogens with one attached hydrogen (secondary N) is 1. The zero-order valence-corrected chi connectivity index (χ0v) is 13.0. The second-order valence-electron chi connectivity index (χ2n) is 5.23. The lowest BCUT2D eigenvalue weighted by molar-refractivity contribution is -0.121. The van der Waals surface area contributed by atoms with E-state index in [0.717, 1.165) is 11.2 Å². The molecular weight excluding hydrogens is 280 g/mol. The molecule has 0 aliphatic carbocycles. The number of rotatable bonds is 4. The van der Waals surface area contributed by atoms with E-state index in [0.29, 0.717) is 13.1 Å². The van der Waals surface area contributed by atoms with Crippen molar-refractivity contribution in [2.45, 2.75) is 26.9 Å². The van der Waals surface area contributed by atoms with Crippen molar-refractivity contribution in [1.82, 2.24) is 9.88 Å². The van der Waals surface area contributed by atoms with Gasteiger partial charge >= 0.3 is 0 Å². The van der Waals surface area contributed by atoms with Gasteiger partial charge in [0, 0.05) is 16.1 Å². The number of hydrogen-bond donors (Lipinski definition) is 1. The number of fused-ring (bicyclic) bond motifs is 1. The second kappa shape index (κ2) is 5.74. The van der Waals surface area contributed by atoms with Crippen LogP contribution in [0.15, 0.2) is 41.8 Å². The molecule has 0 bridgehead atoms. The van der Waals surface area contributed by atoms with Crippen LogP contribution in [0.4, 0.5) is 0 Å². The number of carbonyl (C=O) groups is 1. The monoisotopic (exact) mass is 298 g/mol. The van der Waals surface area contributed by atoms with Gasteiger partial charge in [0.2, 0.25) is 5.91 Å². The molecule has 21 heavy (non-hydrogen) atoms. The van der Waals surface area contributed by atoms with Crippen LogP contribution in [0.3, 0.4) is 0 Å². The zero-order valence-electron chi connectivity index (χ0n) is 12.2. The van der Waals surface area contributed by atoms with E-state index in [1.807, 2.05) is 19.1 Å². The second-order valence-corrected chi connectivity index (χ2v) is 6.23. The third kappa shape index (κ3) is 2.85. The van der Waals surface area contributed by atoms with Crippen LogP contribution in [0.5, 0.6) is 0 Å². The van der Waals surface area contributed by atoms with Crippen molar-refractivity contribution in [3.05, 3.63) is 57.9 Å². The summed E-state index contributed by atoms with van der Waals surface area (Å²) in [5.74, 6) is 0.0484. The van der Waals surface area contributed by atoms with Crippen LogP contribution in [0, 0.1) is 13.8 Å². The summed E-state index contributed by atoms with van der Waals surface area (Å²) in [6.07, 6.45) is 0. The largest absolute Gasteiger partial charge is 0.350 e. The van der Waals surface area contributed by atoms with Crippen LogP contribution in [-0.4, -0.2) is 10.5 Å². The number of thiophene rings is 1. The number of amides is 1. The first kappa shape index (κ1) is 13.9. The molecule has 3 nitrogen and oxygen atoms in total. The first-order chi connectivity index (χ1) is 10.1. The van der Waals surface area contributed by atoms with E-state index in [1.54, 1.807) is 11.3 Å². The topological polar surface area (TPSA) is 34.0 Å². The van der Waals surface area contributed by atoms with E-state index in [9.17, 15) is 4.79 Å². The van der Waals surface area contributed by atoms with Crippen LogP contribution in [0.2, 0.25) is 0 Å². The Bertz CT molecular complexity index is 785. The Balaban J connectivity index is 1.72. The Morgan fingerprint density at radius 3 is 2.81 bits per heavy atom. The van der Waals surface area contributed by atoms with Crippen molar-refractivity contribution in [1.29, 1.82) is 0 Å². The van der Waals surface area contributed by atoms with E-state index in [-0.39, 0.29) is 5.91 Å². The van der Waals surface area contributed by atoms with E-state index < -0.39 is 0 Å². The van der Waals surface area contributed by atoms with Gasteiger partial charge in [-0.05, 0) is 48.4 Å². The maximum Gasteiger partial charge on any atom is 0.240 e. The average molecular weight is 298 g/mol. The van der Waals surface area contributed by atoms with Gasteiger partial charge < -0.3 is 9.88 Å². The normalized spacial score (nSPS) is 11.0. The van der Waals surface area contributed by atoms with Crippen LogP contribution in [0.1, 0.15) is 16.1 Å². The molecule has 0 aliphatic heterocycles. The third-order valence-corrected chi connectivity index (χ3v) is 4.76. The van der Waals surface area contributed by atoms with Gasteiger partial charge in [-0.1, -0.05) is 18.2 Å². The molecule has 0 aliphatic rings. The molecule has 0 saturated carbocycles. The SMILES string of the molecule is Cc1ccsc1CNC(=O)Cn1c(C)cc2ccccc21. The lowest BCUT2D eigenvalue weighted by Crippen LogP contribution is -2.27. The molecule has 0 radical (unpaired) electrons. The predicted octanol–water partition coefficient (Wildman–Crippen LogP) is 3.64. The summed E-state index contributed by atoms with van der Waals surface area (Å²) in [5, 5.41) is 6.24. The summed E-state index contributed by atoms with van der Waals surface area (Å²) in [7, 11) is 0. The molecule has 1 aromatic carbocycles. The van der Waals surface area contributed by atoms with Gasteiger partial charge in [0.05, 0.1) is 6.54 Å². The number of aryl methyl sites for hydroxylation is 2. The number of benzene rings is 1.